The van der Waals surface area contributed by atoms with Crippen molar-refractivity contribution in [1.29, 1.82) is 0 Å². The summed E-state index contributed by atoms with van der Waals surface area (Å²) in [6.07, 6.45) is 5.51. The largest absolute Gasteiger partial charge is 0.352 e. The second kappa shape index (κ2) is 7.81. The summed E-state index contributed by atoms with van der Waals surface area (Å²) < 4.78 is 0. The molecule has 0 aliphatic heterocycles. The van der Waals surface area contributed by atoms with Gasteiger partial charge in [0.1, 0.15) is 0 Å². The molecule has 116 valence electrons. The Kier molecular flexibility index (Phi) is 5.54. The zero-order chi connectivity index (χ0) is 16.7. The van der Waals surface area contributed by atoms with E-state index < -0.39 is 0 Å². The van der Waals surface area contributed by atoms with Crippen LogP contribution in [0.5, 0.6) is 0 Å². The summed E-state index contributed by atoms with van der Waals surface area (Å²) in [7, 11) is 0. The summed E-state index contributed by atoms with van der Waals surface area (Å²) in [5, 5.41) is 5.49. The van der Waals surface area contributed by atoms with Crippen molar-refractivity contribution in [3.05, 3.63) is 65.2 Å². The molecule has 0 saturated carbocycles. The molecule has 0 bridgehead atoms. The van der Waals surface area contributed by atoms with E-state index in [1.165, 1.54) is 0 Å². The molecule has 4 nitrogen and oxygen atoms in total. The maximum atomic E-state index is 12.0. The van der Waals surface area contributed by atoms with Gasteiger partial charge in [-0.05, 0) is 37.3 Å². The fraction of sp³-hybridized carbons (Fsp3) is 0.158. The van der Waals surface area contributed by atoms with Crippen molar-refractivity contribution in [3.8, 4) is 12.3 Å². The van der Waals surface area contributed by atoms with Crippen molar-refractivity contribution in [2.45, 2.75) is 13.3 Å². The van der Waals surface area contributed by atoms with Gasteiger partial charge in [0.2, 0.25) is 5.91 Å². The normalized spacial score (nSPS) is 9.74. The lowest BCUT2D eigenvalue weighted by Crippen LogP contribution is -2.27. The average Bonchev–Trinajstić information content (AvgIpc) is 2.55. The molecule has 0 fully saturated rings. The minimum Gasteiger partial charge on any atom is -0.352 e. The average molecular weight is 306 g/mol. The number of hydrogen-bond donors (Lipinski definition) is 2. The minimum atomic E-state index is -0.184. The van der Waals surface area contributed by atoms with Crippen LogP contribution in [0.4, 0.5) is 5.69 Å². The highest BCUT2D eigenvalue weighted by Gasteiger charge is 2.07. The minimum absolute atomic E-state index is 0.177. The third-order valence-corrected chi connectivity index (χ3v) is 3.23. The van der Waals surface area contributed by atoms with Gasteiger partial charge in [-0.25, -0.2) is 0 Å². The van der Waals surface area contributed by atoms with E-state index in [1.54, 1.807) is 36.4 Å². The molecule has 0 spiro atoms. The van der Waals surface area contributed by atoms with E-state index >= 15 is 0 Å². The number of hydrogen-bond acceptors (Lipinski definition) is 2. The molecule has 23 heavy (non-hydrogen) atoms. The van der Waals surface area contributed by atoms with Crippen LogP contribution in [-0.2, 0) is 4.79 Å². The monoisotopic (exact) mass is 306 g/mol. The van der Waals surface area contributed by atoms with Gasteiger partial charge in [0.25, 0.3) is 5.91 Å². The summed E-state index contributed by atoms with van der Waals surface area (Å²) in [5.74, 6) is 2.15. The van der Waals surface area contributed by atoms with E-state index in [9.17, 15) is 9.59 Å². The lowest BCUT2D eigenvalue weighted by molar-refractivity contribution is -0.116. The zero-order valence-electron chi connectivity index (χ0n) is 12.9. The predicted octanol–water partition coefficient (Wildman–Crippen LogP) is 2.73. The number of benzene rings is 2. The summed E-state index contributed by atoms with van der Waals surface area (Å²) >= 11 is 0. The maximum absolute atomic E-state index is 12.0. The fourth-order valence-electron chi connectivity index (χ4n) is 2.09. The van der Waals surface area contributed by atoms with Crippen LogP contribution in [0.2, 0.25) is 0 Å². The Balaban J connectivity index is 1.80. The number of amides is 2. The topological polar surface area (TPSA) is 58.2 Å². The van der Waals surface area contributed by atoms with E-state index in [4.69, 9.17) is 6.42 Å². The van der Waals surface area contributed by atoms with Crippen molar-refractivity contribution in [1.82, 2.24) is 5.32 Å². The number of terminal acetylenes is 1. The van der Waals surface area contributed by atoms with Crippen LogP contribution in [0.3, 0.4) is 0 Å². The second-order valence-corrected chi connectivity index (χ2v) is 5.15. The summed E-state index contributed by atoms with van der Waals surface area (Å²) in [4.78, 5) is 23.8. The second-order valence-electron chi connectivity index (χ2n) is 5.15. The van der Waals surface area contributed by atoms with Crippen LogP contribution in [0.15, 0.2) is 48.5 Å². The molecule has 0 radical (unpaired) electrons. The first-order chi connectivity index (χ1) is 11.1. The van der Waals surface area contributed by atoms with Gasteiger partial charge in [0.15, 0.2) is 0 Å². The molecular weight excluding hydrogens is 288 g/mol. The van der Waals surface area contributed by atoms with Crippen molar-refractivity contribution < 1.29 is 9.59 Å². The first kappa shape index (κ1) is 16.3. The van der Waals surface area contributed by atoms with Gasteiger partial charge in [-0.1, -0.05) is 29.7 Å². The van der Waals surface area contributed by atoms with Crippen LogP contribution >= 0.6 is 0 Å². The Hall–Kier alpha value is -3.06. The first-order valence-corrected chi connectivity index (χ1v) is 7.30. The third kappa shape index (κ3) is 5.01. The number of anilines is 1. The van der Waals surface area contributed by atoms with Gasteiger partial charge in [-0.3, -0.25) is 9.59 Å². The van der Waals surface area contributed by atoms with Gasteiger partial charge in [-0.2, -0.15) is 0 Å². The van der Waals surface area contributed by atoms with Crippen molar-refractivity contribution in [2.75, 3.05) is 11.9 Å². The Morgan fingerprint density at radius 1 is 1.13 bits per heavy atom. The maximum Gasteiger partial charge on any atom is 0.251 e. The van der Waals surface area contributed by atoms with Crippen molar-refractivity contribution >= 4 is 17.5 Å². The molecule has 0 saturated heterocycles. The molecule has 2 rings (SSSR count). The van der Waals surface area contributed by atoms with Gasteiger partial charge >= 0.3 is 0 Å². The van der Waals surface area contributed by atoms with E-state index in [0.717, 1.165) is 5.56 Å². The van der Waals surface area contributed by atoms with Gasteiger partial charge < -0.3 is 10.6 Å². The molecular formula is C19H18N2O2. The molecule has 0 atom stereocenters. The molecule has 2 amide bonds. The highest BCUT2D eigenvalue weighted by molar-refractivity contribution is 5.95. The number of nitrogens with one attached hydrogen (secondary N) is 2. The Bertz CT molecular complexity index is 760. The van der Waals surface area contributed by atoms with Gasteiger partial charge in [-0.15, -0.1) is 6.42 Å². The molecule has 2 aromatic carbocycles. The lowest BCUT2D eigenvalue weighted by Gasteiger charge is -2.07. The fourth-order valence-corrected chi connectivity index (χ4v) is 2.09. The highest BCUT2D eigenvalue weighted by Crippen LogP contribution is 2.10. The summed E-state index contributed by atoms with van der Waals surface area (Å²) in [5.41, 5.74) is 2.96. The van der Waals surface area contributed by atoms with Gasteiger partial charge in [0, 0.05) is 29.8 Å². The van der Waals surface area contributed by atoms with E-state index in [-0.39, 0.29) is 24.8 Å². The lowest BCUT2D eigenvalue weighted by atomic mass is 10.1. The molecule has 0 aliphatic carbocycles. The van der Waals surface area contributed by atoms with Crippen LogP contribution in [0.1, 0.15) is 27.9 Å². The van der Waals surface area contributed by atoms with Crippen LogP contribution in [-0.4, -0.2) is 18.4 Å². The first-order valence-electron chi connectivity index (χ1n) is 7.30. The van der Waals surface area contributed by atoms with Crippen molar-refractivity contribution in [2.24, 2.45) is 0 Å². The Morgan fingerprint density at radius 2 is 1.91 bits per heavy atom. The summed E-state index contributed by atoms with van der Waals surface area (Å²) in [6, 6.07) is 14.4. The molecule has 0 aromatic heterocycles. The smallest absolute Gasteiger partial charge is 0.251 e. The Labute approximate surface area is 135 Å². The standard InChI is InChI=1S/C19H18N2O2/c1-3-15-7-5-9-17(13-15)21-18(22)10-11-20-19(23)16-8-4-6-14(2)12-16/h1,4-9,12-13H,10-11H2,2H3,(H,20,23)(H,21,22). The van der Waals surface area contributed by atoms with E-state index in [2.05, 4.69) is 16.6 Å². The molecule has 2 N–H and O–H groups in total. The van der Waals surface area contributed by atoms with E-state index in [1.807, 2.05) is 19.1 Å². The number of carbonyl (C=O) groups excluding carboxylic acids is 2. The Morgan fingerprint density at radius 3 is 2.65 bits per heavy atom. The zero-order valence-corrected chi connectivity index (χ0v) is 12.9. The summed E-state index contributed by atoms with van der Waals surface area (Å²) in [6.45, 7) is 2.20. The number of aryl methyl sites for hydroxylation is 1. The van der Waals surface area contributed by atoms with Crippen LogP contribution < -0.4 is 10.6 Å². The van der Waals surface area contributed by atoms with E-state index in [0.29, 0.717) is 16.8 Å². The SMILES string of the molecule is C#Cc1cccc(NC(=O)CCNC(=O)c2cccc(C)c2)c1. The number of rotatable bonds is 5. The molecule has 2 aromatic rings. The quantitative estimate of drug-likeness (QED) is 0.835. The van der Waals surface area contributed by atoms with Crippen LogP contribution in [0, 0.1) is 19.3 Å². The molecule has 0 aliphatic rings. The van der Waals surface area contributed by atoms with Crippen molar-refractivity contribution in [3.63, 3.8) is 0 Å². The number of carbonyl (C=O) groups is 2. The third-order valence-electron chi connectivity index (χ3n) is 3.23. The molecule has 0 unspecified atom stereocenters. The molecule has 0 heterocycles. The molecule has 4 heteroatoms. The van der Waals surface area contributed by atoms with Crippen LogP contribution in [0.25, 0.3) is 0 Å². The van der Waals surface area contributed by atoms with Gasteiger partial charge in [0.05, 0.1) is 0 Å². The highest BCUT2D eigenvalue weighted by atomic mass is 16.2. The predicted molar refractivity (Wildman–Crippen MR) is 91.1 cm³/mol.